The summed E-state index contributed by atoms with van der Waals surface area (Å²) < 4.78 is 5.06. The van der Waals surface area contributed by atoms with Gasteiger partial charge in [-0.25, -0.2) is 4.98 Å². The average Bonchev–Trinajstić information content (AvgIpc) is 2.58. The maximum absolute atomic E-state index is 11.5. The zero-order valence-electron chi connectivity index (χ0n) is 9.95. The molecule has 1 saturated heterocycles. The maximum Gasteiger partial charge on any atom is 0.295 e. The Morgan fingerprint density at radius 2 is 2.35 bits per heavy atom. The van der Waals surface area contributed by atoms with Gasteiger partial charge in [0, 0.05) is 6.04 Å². The van der Waals surface area contributed by atoms with Crippen molar-refractivity contribution in [2.45, 2.75) is 25.3 Å². The molecule has 1 atom stereocenters. The van der Waals surface area contributed by atoms with Crippen molar-refractivity contribution in [3.8, 4) is 5.75 Å². The molecule has 0 bridgehead atoms. The minimum atomic E-state index is -0.253. The number of hydrogen-bond acceptors (Lipinski definition) is 5. The molecule has 2 rings (SSSR count). The summed E-state index contributed by atoms with van der Waals surface area (Å²) in [6.45, 7) is 2.04. The molecular weight excluding hydrogens is 220 g/mol. The van der Waals surface area contributed by atoms with Crippen LogP contribution in [0.15, 0.2) is 11.1 Å². The lowest BCUT2D eigenvalue weighted by Crippen LogP contribution is -2.24. The number of aromatic nitrogens is 2. The molecule has 1 fully saturated rings. The zero-order valence-corrected chi connectivity index (χ0v) is 9.95. The van der Waals surface area contributed by atoms with Gasteiger partial charge in [-0.15, -0.1) is 0 Å². The quantitative estimate of drug-likeness (QED) is 0.707. The van der Waals surface area contributed by atoms with Gasteiger partial charge in [0.15, 0.2) is 5.82 Å². The van der Waals surface area contributed by atoms with Gasteiger partial charge < -0.3 is 20.4 Å². The van der Waals surface area contributed by atoms with E-state index in [4.69, 9.17) is 4.74 Å². The normalized spacial score (nSPS) is 20.6. The Bertz CT molecular complexity index is 410. The number of anilines is 1. The van der Waals surface area contributed by atoms with Crippen molar-refractivity contribution < 1.29 is 4.74 Å². The van der Waals surface area contributed by atoms with Gasteiger partial charge in [-0.05, 0) is 32.4 Å². The molecule has 3 N–H and O–H groups in total. The topological polar surface area (TPSA) is 79.0 Å². The predicted octanol–water partition coefficient (Wildman–Crippen LogP) is 0.333. The van der Waals surface area contributed by atoms with Gasteiger partial charge in [-0.2, -0.15) is 0 Å². The molecule has 6 nitrogen and oxygen atoms in total. The number of nitrogens with one attached hydrogen (secondary N) is 3. The predicted molar refractivity (Wildman–Crippen MR) is 65.5 cm³/mol. The van der Waals surface area contributed by atoms with Crippen LogP contribution in [0.4, 0.5) is 5.82 Å². The minimum Gasteiger partial charge on any atom is -0.489 e. The standard InChI is InChI=1S/C11H18N4O2/c1-17-9-10(13-7-14-11(9)16)15-8-3-2-5-12-6-4-8/h7-8,12H,2-6H2,1H3,(H2,13,14,15,16). The molecule has 17 heavy (non-hydrogen) atoms. The lowest BCUT2D eigenvalue weighted by atomic mass is 10.1. The first-order valence-electron chi connectivity index (χ1n) is 5.90. The van der Waals surface area contributed by atoms with E-state index in [1.165, 1.54) is 13.4 Å². The Hall–Kier alpha value is -1.56. The SMILES string of the molecule is COc1c(NC2CCCNCC2)nc[nH]c1=O. The second-order valence-corrected chi connectivity index (χ2v) is 4.14. The Labute approximate surface area is 99.8 Å². The smallest absolute Gasteiger partial charge is 0.295 e. The fourth-order valence-electron chi connectivity index (χ4n) is 2.04. The van der Waals surface area contributed by atoms with Crippen molar-refractivity contribution in [2.75, 3.05) is 25.5 Å². The summed E-state index contributed by atoms with van der Waals surface area (Å²) in [5, 5.41) is 6.63. The van der Waals surface area contributed by atoms with E-state index >= 15 is 0 Å². The first-order valence-corrected chi connectivity index (χ1v) is 5.90. The van der Waals surface area contributed by atoms with Crippen LogP contribution in [-0.2, 0) is 0 Å². The molecule has 1 aliphatic heterocycles. The van der Waals surface area contributed by atoms with Crippen LogP contribution in [0.2, 0.25) is 0 Å². The molecule has 0 amide bonds. The summed E-state index contributed by atoms with van der Waals surface area (Å²) in [5.41, 5.74) is -0.253. The summed E-state index contributed by atoms with van der Waals surface area (Å²) >= 11 is 0. The van der Waals surface area contributed by atoms with Crippen LogP contribution in [0, 0.1) is 0 Å². The molecular formula is C11H18N4O2. The van der Waals surface area contributed by atoms with Gasteiger partial charge in [-0.1, -0.05) is 0 Å². The summed E-state index contributed by atoms with van der Waals surface area (Å²) in [6, 6.07) is 0.341. The minimum absolute atomic E-state index is 0.253. The zero-order chi connectivity index (χ0) is 12.1. The van der Waals surface area contributed by atoms with E-state index in [-0.39, 0.29) is 11.3 Å². The highest BCUT2D eigenvalue weighted by Gasteiger charge is 2.15. The second-order valence-electron chi connectivity index (χ2n) is 4.14. The summed E-state index contributed by atoms with van der Waals surface area (Å²) in [5.74, 6) is 0.785. The van der Waals surface area contributed by atoms with Gasteiger partial charge in [-0.3, -0.25) is 4.79 Å². The number of methoxy groups -OCH3 is 1. The van der Waals surface area contributed by atoms with E-state index in [2.05, 4.69) is 20.6 Å². The fraction of sp³-hybridized carbons (Fsp3) is 0.636. The van der Waals surface area contributed by atoms with Crippen molar-refractivity contribution in [2.24, 2.45) is 0 Å². The van der Waals surface area contributed by atoms with Gasteiger partial charge in [0.05, 0.1) is 13.4 Å². The maximum atomic E-state index is 11.5. The Morgan fingerprint density at radius 1 is 1.47 bits per heavy atom. The van der Waals surface area contributed by atoms with E-state index in [9.17, 15) is 4.79 Å². The largest absolute Gasteiger partial charge is 0.489 e. The van der Waals surface area contributed by atoms with E-state index in [1.807, 2.05) is 0 Å². The van der Waals surface area contributed by atoms with Crippen LogP contribution in [0.5, 0.6) is 5.75 Å². The van der Waals surface area contributed by atoms with Crippen LogP contribution in [0.25, 0.3) is 0 Å². The van der Waals surface area contributed by atoms with Crippen LogP contribution < -0.4 is 20.9 Å². The summed E-state index contributed by atoms with van der Waals surface area (Å²) in [4.78, 5) is 18.1. The third-order valence-electron chi connectivity index (χ3n) is 2.93. The van der Waals surface area contributed by atoms with E-state index < -0.39 is 0 Å². The highest BCUT2D eigenvalue weighted by Crippen LogP contribution is 2.18. The molecule has 94 valence electrons. The lowest BCUT2D eigenvalue weighted by molar-refractivity contribution is 0.407. The van der Waals surface area contributed by atoms with Crippen molar-refractivity contribution in [3.63, 3.8) is 0 Å². The highest BCUT2D eigenvalue weighted by molar-refractivity contribution is 5.48. The number of aromatic amines is 1. The number of H-pyrrole nitrogens is 1. The van der Waals surface area contributed by atoms with Gasteiger partial charge in [0.2, 0.25) is 5.75 Å². The Kier molecular flexibility index (Phi) is 3.98. The molecule has 1 unspecified atom stereocenters. The first kappa shape index (κ1) is 11.9. The molecule has 0 aromatic carbocycles. The van der Waals surface area contributed by atoms with E-state index in [0.717, 1.165) is 32.4 Å². The third-order valence-corrected chi connectivity index (χ3v) is 2.93. The molecule has 1 aliphatic rings. The number of ether oxygens (including phenoxy) is 1. The molecule has 0 radical (unpaired) electrons. The lowest BCUT2D eigenvalue weighted by Gasteiger charge is -2.17. The highest BCUT2D eigenvalue weighted by atomic mass is 16.5. The number of rotatable bonds is 3. The van der Waals surface area contributed by atoms with Crippen LogP contribution in [0.1, 0.15) is 19.3 Å². The molecule has 6 heteroatoms. The Balaban J connectivity index is 2.11. The summed E-state index contributed by atoms with van der Waals surface area (Å²) in [7, 11) is 1.48. The van der Waals surface area contributed by atoms with Crippen LogP contribution in [0.3, 0.4) is 0 Å². The molecule has 2 heterocycles. The molecule has 0 spiro atoms. The van der Waals surface area contributed by atoms with E-state index in [1.54, 1.807) is 0 Å². The van der Waals surface area contributed by atoms with Crippen molar-refractivity contribution >= 4 is 5.82 Å². The Morgan fingerprint density at radius 3 is 3.18 bits per heavy atom. The van der Waals surface area contributed by atoms with Crippen molar-refractivity contribution in [3.05, 3.63) is 16.7 Å². The molecule has 0 aliphatic carbocycles. The van der Waals surface area contributed by atoms with Crippen molar-refractivity contribution in [1.82, 2.24) is 15.3 Å². The van der Waals surface area contributed by atoms with Crippen LogP contribution >= 0.6 is 0 Å². The monoisotopic (exact) mass is 238 g/mol. The van der Waals surface area contributed by atoms with Crippen molar-refractivity contribution in [1.29, 1.82) is 0 Å². The average molecular weight is 238 g/mol. The van der Waals surface area contributed by atoms with Gasteiger partial charge >= 0.3 is 0 Å². The fourth-order valence-corrected chi connectivity index (χ4v) is 2.04. The second kappa shape index (κ2) is 5.67. The molecule has 1 aromatic heterocycles. The number of nitrogens with zero attached hydrogens (tertiary/aromatic N) is 1. The van der Waals surface area contributed by atoms with Gasteiger partial charge in [0.1, 0.15) is 0 Å². The number of hydrogen-bond donors (Lipinski definition) is 3. The molecule has 0 saturated carbocycles. The summed E-state index contributed by atoms with van der Waals surface area (Å²) in [6.07, 6.45) is 4.62. The van der Waals surface area contributed by atoms with Gasteiger partial charge in [0.25, 0.3) is 5.56 Å². The van der Waals surface area contributed by atoms with Crippen LogP contribution in [-0.4, -0.2) is 36.2 Å². The van der Waals surface area contributed by atoms with E-state index in [0.29, 0.717) is 11.9 Å². The first-order chi connectivity index (χ1) is 8.31. The third kappa shape index (κ3) is 2.97. The molecule has 1 aromatic rings.